The number of furan rings is 1. The number of nitrogens with zero attached hydrogens (tertiary/aromatic N) is 3. The number of nitrogens with two attached hydrogens (primary N) is 1. The predicted molar refractivity (Wildman–Crippen MR) is 106 cm³/mol. The van der Waals surface area contributed by atoms with Crippen LogP contribution in [0.25, 0.3) is 11.0 Å². The number of nitrogens with one attached hydrogen (secondary N) is 1. The third kappa shape index (κ3) is 3.89. The Morgan fingerprint density at radius 3 is 3.00 bits per heavy atom. The fourth-order valence-electron chi connectivity index (χ4n) is 3.62. The Bertz CT molecular complexity index is 864. The Morgan fingerprint density at radius 2 is 2.19 bits per heavy atom. The van der Waals surface area contributed by atoms with E-state index < -0.39 is 0 Å². The first-order valence-electron chi connectivity index (χ1n) is 9.29. The van der Waals surface area contributed by atoms with Gasteiger partial charge in [0.1, 0.15) is 29.3 Å². The Morgan fingerprint density at radius 1 is 1.30 bits per heavy atom. The Kier molecular flexibility index (Phi) is 5.22. The van der Waals surface area contributed by atoms with Crippen molar-refractivity contribution in [2.24, 2.45) is 5.73 Å². The third-order valence-electron chi connectivity index (χ3n) is 5.08. The second kappa shape index (κ2) is 7.94. The normalized spacial score (nSPS) is 19.7. The van der Waals surface area contributed by atoms with E-state index in [4.69, 9.17) is 14.9 Å². The highest BCUT2D eigenvalue weighted by Gasteiger charge is 2.32. The number of benzene rings is 1. The monoisotopic (exact) mass is 367 g/mol. The Balaban J connectivity index is 1.39. The van der Waals surface area contributed by atoms with Crippen LogP contribution in [0, 0.1) is 0 Å². The van der Waals surface area contributed by atoms with Gasteiger partial charge in [-0.05, 0) is 18.6 Å². The third-order valence-corrected chi connectivity index (χ3v) is 5.08. The van der Waals surface area contributed by atoms with E-state index in [1.807, 2.05) is 24.3 Å². The molecule has 2 atom stereocenters. The Labute approximate surface area is 158 Å². The maximum Gasteiger partial charge on any atom is 0.134 e. The molecule has 27 heavy (non-hydrogen) atoms. The van der Waals surface area contributed by atoms with Crippen molar-refractivity contribution in [1.29, 1.82) is 0 Å². The van der Waals surface area contributed by atoms with Crippen LogP contribution < -0.4 is 16.0 Å². The SMILES string of the molecule is CO[C@H]1C[C@@H](CN)N(c2cc(NCCc3cc4ccccc4o3)ncn2)C1. The molecule has 3 N–H and O–H groups in total. The number of para-hydroxylation sites is 1. The van der Waals surface area contributed by atoms with E-state index in [-0.39, 0.29) is 12.1 Å². The van der Waals surface area contributed by atoms with E-state index in [0.717, 1.165) is 54.3 Å². The molecule has 0 unspecified atom stereocenters. The minimum atomic E-state index is 0.193. The summed E-state index contributed by atoms with van der Waals surface area (Å²) in [7, 11) is 1.74. The number of fused-ring (bicyclic) bond motifs is 1. The number of aromatic nitrogens is 2. The molecule has 1 fully saturated rings. The largest absolute Gasteiger partial charge is 0.461 e. The van der Waals surface area contributed by atoms with Gasteiger partial charge in [-0.2, -0.15) is 0 Å². The number of anilines is 2. The highest BCUT2D eigenvalue weighted by atomic mass is 16.5. The molecule has 4 rings (SSSR count). The van der Waals surface area contributed by atoms with Gasteiger partial charge in [-0.25, -0.2) is 9.97 Å². The van der Waals surface area contributed by atoms with Crippen LogP contribution in [0.5, 0.6) is 0 Å². The summed E-state index contributed by atoms with van der Waals surface area (Å²) >= 11 is 0. The summed E-state index contributed by atoms with van der Waals surface area (Å²) in [6, 6.07) is 12.3. The summed E-state index contributed by atoms with van der Waals surface area (Å²) in [5.74, 6) is 2.64. The van der Waals surface area contributed by atoms with Crippen LogP contribution in [0.1, 0.15) is 12.2 Å². The molecule has 0 aliphatic carbocycles. The molecule has 7 nitrogen and oxygen atoms in total. The number of ether oxygens (including phenoxy) is 1. The van der Waals surface area contributed by atoms with Crippen molar-refractivity contribution in [1.82, 2.24) is 9.97 Å². The first-order valence-corrected chi connectivity index (χ1v) is 9.29. The molecular weight excluding hydrogens is 342 g/mol. The second-order valence-electron chi connectivity index (χ2n) is 6.82. The average Bonchev–Trinajstić information content (AvgIpc) is 3.31. The van der Waals surface area contributed by atoms with Gasteiger partial charge in [-0.15, -0.1) is 0 Å². The summed E-state index contributed by atoms with van der Waals surface area (Å²) in [6.07, 6.45) is 3.49. The molecule has 3 aromatic rings. The van der Waals surface area contributed by atoms with Crippen LogP contribution in [0.3, 0.4) is 0 Å². The summed E-state index contributed by atoms with van der Waals surface area (Å²) in [5, 5.41) is 4.49. The van der Waals surface area contributed by atoms with E-state index in [1.165, 1.54) is 0 Å². The molecule has 142 valence electrons. The molecule has 0 spiro atoms. The first-order chi connectivity index (χ1) is 13.3. The molecule has 3 heterocycles. The van der Waals surface area contributed by atoms with Gasteiger partial charge in [0.15, 0.2) is 0 Å². The van der Waals surface area contributed by atoms with Crippen molar-refractivity contribution in [3.8, 4) is 0 Å². The average molecular weight is 367 g/mol. The summed E-state index contributed by atoms with van der Waals surface area (Å²) < 4.78 is 11.4. The van der Waals surface area contributed by atoms with Gasteiger partial charge in [0.05, 0.1) is 6.10 Å². The van der Waals surface area contributed by atoms with Crippen molar-refractivity contribution in [2.75, 3.05) is 37.0 Å². The van der Waals surface area contributed by atoms with Crippen molar-refractivity contribution in [3.63, 3.8) is 0 Å². The van der Waals surface area contributed by atoms with Crippen molar-refractivity contribution in [3.05, 3.63) is 48.5 Å². The van der Waals surface area contributed by atoms with E-state index >= 15 is 0 Å². The van der Waals surface area contributed by atoms with Gasteiger partial charge < -0.3 is 25.1 Å². The molecule has 0 bridgehead atoms. The molecule has 0 amide bonds. The van der Waals surface area contributed by atoms with E-state index in [2.05, 4.69) is 32.3 Å². The zero-order valence-electron chi connectivity index (χ0n) is 15.5. The molecule has 1 saturated heterocycles. The standard InChI is InChI=1S/C20H25N5O2/c1-26-17-9-15(11-21)25(12-17)20-10-19(23-13-24-20)22-7-6-16-8-14-4-2-3-5-18(14)27-16/h2-5,8,10,13,15,17H,6-7,9,11-12,21H2,1H3,(H,22,23,24)/t15-,17-/m0/s1. The highest BCUT2D eigenvalue weighted by Crippen LogP contribution is 2.26. The lowest BCUT2D eigenvalue weighted by Gasteiger charge is -2.24. The quantitative estimate of drug-likeness (QED) is 0.663. The van der Waals surface area contributed by atoms with E-state index in [1.54, 1.807) is 13.4 Å². The fraction of sp³-hybridized carbons (Fsp3) is 0.400. The molecule has 1 aromatic carbocycles. The zero-order valence-corrected chi connectivity index (χ0v) is 15.5. The lowest BCUT2D eigenvalue weighted by Crippen LogP contribution is -2.36. The summed E-state index contributed by atoms with van der Waals surface area (Å²) in [5.41, 5.74) is 6.85. The minimum absolute atomic E-state index is 0.193. The van der Waals surface area contributed by atoms with Gasteiger partial charge in [0, 0.05) is 50.7 Å². The predicted octanol–water partition coefficient (Wildman–Crippen LogP) is 2.43. The lowest BCUT2D eigenvalue weighted by atomic mass is 10.2. The van der Waals surface area contributed by atoms with Gasteiger partial charge in [-0.1, -0.05) is 18.2 Å². The van der Waals surface area contributed by atoms with Crippen LogP contribution in [-0.4, -0.2) is 48.9 Å². The van der Waals surface area contributed by atoms with Gasteiger partial charge in [0.25, 0.3) is 0 Å². The highest BCUT2D eigenvalue weighted by molar-refractivity contribution is 5.77. The maximum atomic E-state index is 5.93. The number of hydrogen-bond acceptors (Lipinski definition) is 7. The fourth-order valence-corrected chi connectivity index (χ4v) is 3.62. The smallest absolute Gasteiger partial charge is 0.134 e. The summed E-state index contributed by atoms with van der Waals surface area (Å²) in [6.45, 7) is 2.11. The first kappa shape index (κ1) is 17.8. The van der Waals surface area contributed by atoms with Crippen LogP contribution in [0.4, 0.5) is 11.6 Å². The Hall–Kier alpha value is -2.64. The van der Waals surface area contributed by atoms with Gasteiger partial charge in [-0.3, -0.25) is 0 Å². The van der Waals surface area contributed by atoms with Crippen LogP contribution in [0.15, 0.2) is 47.1 Å². The maximum absolute atomic E-state index is 5.93. The van der Waals surface area contributed by atoms with Crippen LogP contribution >= 0.6 is 0 Å². The van der Waals surface area contributed by atoms with Crippen molar-refractivity contribution < 1.29 is 9.15 Å². The lowest BCUT2D eigenvalue weighted by molar-refractivity contribution is 0.118. The van der Waals surface area contributed by atoms with Crippen LogP contribution in [-0.2, 0) is 11.2 Å². The molecule has 0 radical (unpaired) electrons. The number of methoxy groups -OCH3 is 1. The van der Waals surface area contributed by atoms with E-state index in [0.29, 0.717) is 6.54 Å². The molecular formula is C20H25N5O2. The molecule has 0 saturated carbocycles. The molecule has 1 aliphatic heterocycles. The summed E-state index contributed by atoms with van der Waals surface area (Å²) in [4.78, 5) is 11.0. The minimum Gasteiger partial charge on any atom is -0.461 e. The number of hydrogen-bond donors (Lipinski definition) is 2. The van der Waals surface area contributed by atoms with Crippen molar-refractivity contribution >= 4 is 22.6 Å². The second-order valence-corrected chi connectivity index (χ2v) is 6.82. The van der Waals surface area contributed by atoms with Gasteiger partial charge >= 0.3 is 0 Å². The molecule has 7 heteroatoms. The molecule has 2 aromatic heterocycles. The van der Waals surface area contributed by atoms with Gasteiger partial charge in [0.2, 0.25) is 0 Å². The van der Waals surface area contributed by atoms with Crippen molar-refractivity contribution in [2.45, 2.75) is 25.0 Å². The van der Waals surface area contributed by atoms with E-state index in [9.17, 15) is 0 Å². The zero-order chi connectivity index (χ0) is 18.6. The topological polar surface area (TPSA) is 89.4 Å². The molecule has 1 aliphatic rings. The number of rotatable bonds is 7. The van der Waals surface area contributed by atoms with Crippen LogP contribution in [0.2, 0.25) is 0 Å².